The minimum Gasteiger partial charge on any atom is -0.478 e. The summed E-state index contributed by atoms with van der Waals surface area (Å²) in [6, 6.07) is 4.08. The topological polar surface area (TPSA) is 92.5 Å². The van der Waals surface area contributed by atoms with Gasteiger partial charge in [-0.05, 0) is 43.5 Å². The molecule has 1 aliphatic heterocycles. The third kappa shape index (κ3) is 2.99. The first-order chi connectivity index (χ1) is 10.9. The molecule has 8 heteroatoms. The maximum absolute atomic E-state index is 12.7. The second kappa shape index (κ2) is 5.78. The van der Waals surface area contributed by atoms with Crippen molar-refractivity contribution < 1.29 is 18.3 Å². The van der Waals surface area contributed by atoms with Gasteiger partial charge in [0.1, 0.15) is 0 Å². The highest BCUT2D eigenvalue weighted by Crippen LogP contribution is 2.24. The lowest BCUT2D eigenvalue weighted by molar-refractivity contribution is 0.0696. The van der Waals surface area contributed by atoms with E-state index < -0.39 is 16.0 Å². The zero-order chi connectivity index (χ0) is 16.6. The van der Waals surface area contributed by atoms with E-state index in [1.807, 2.05) is 6.92 Å². The first-order valence-electron chi connectivity index (χ1n) is 7.28. The Morgan fingerprint density at radius 3 is 2.48 bits per heavy atom. The third-order valence-electron chi connectivity index (χ3n) is 3.82. The van der Waals surface area contributed by atoms with Crippen LogP contribution in [0, 0.1) is 6.92 Å². The minimum atomic E-state index is -3.69. The molecule has 1 aliphatic rings. The molecular weight excluding hydrogens is 318 g/mol. The largest absolute Gasteiger partial charge is 0.478 e. The quantitative estimate of drug-likeness (QED) is 0.917. The molecule has 1 aromatic heterocycles. The second-order valence-corrected chi connectivity index (χ2v) is 7.53. The molecule has 3 rings (SSSR count). The van der Waals surface area contributed by atoms with Gasteiger partial charge >= 0.3 is 5.97 Å². The predicted octanol–water partition coefficient (Wildman–Crippen LogP) is 1.66. The van der Waals surface area contributed by atoms with Gasteiger partial charge in [0.25, 0.3) is 0 Å². The fourth-order valence-electron chi connectivity index (χ4n) is 2.62. The lowest BCUT2D eigenvalue weighted by atomic mass is 10.2. The standard InChI is InChI=1S/C15H17N3O4S/c1-11-9-16-18(10-11)13-6-12(15(19)20)7-14(8-13)23(21,22)17-4-2-3-5-17/h6-10H,2-5H2,1H3,(H,19,20). The summed E-state index contributed by atoms with van der Waals surface area (Å²) in [6.07, 6.45) is 4.99. The van der Waals surface area contributed by atoms with Gasteiger partial charge < -0.3 is 5.11 Å². The molecule has 0 saturated carbocycles. The van der Waals surface area contributed by atoms with E-state index in [4.69, 9.17) is 0 Å². The number of carboxylic acid groups (broad SMARTS) is 1. The number of aromatic carboxylic acids is 1. The van der Waals surface area contributed by atoms with E-state index >= 15 is 0 Å². The normalized spacial score (nSPS) is 15.9. The molecule has 0 radical (unpaired) electrons. The number of hydrogen-bond acceptors (Lipinski definition) is 4. The maximum atomic E-state index is 12.7. The van der Waals surface area contributed by atoms with Crippen LogP contribution >= 0.6 is 0 Å². The monoisotopic (exact) mass is 335 g/mol. The summed E-state index contributed by atoms with van der Waals surface area (Å²) in [6.45, 7) is 2.79. The first-order valence-corrected chi connectivity index (χ1v) is 8.72. The van der Waals surface area contributed by atoms with Crippen LogP contribution in [0.4, 0.5) is 0 Å². The zero-order valence-corrected chi connectivity index (χ0v) is 13.5. The molecule has 0 amide bonds. The van der Waals surface area contributed by atoms with Crippen LogP contribution in [0.15, 0.2) is 35.5 Å². The molecular formula is C15H17N3O4S. The smallest absolute Gasteiger partial charge is 0.335 e. The molecule has 0 spiro atoms. The molecule has 0 bridgehead atoms. The molecule has 23 heavy (non-hydrogen) atoms. The van der Waals surface area contributed by atoms with Crippen molar-refractivity contribution >= 4 is 16.0 Å². The summed E-state index contributed by atoms with van der Waals surface area (Å²) in [5.74, 6) is -1.17. The summed E-state index contributed by atoms with van der Waals surface area (Å²) >= 11 is 0. The highest BCUT2D eigenvalue weighted by molar-refractivity contribution is 7.89. The summed E-state index contributed by atoms with van der Waals surface area (Å²) in [7, 11) is -3.69. The molecule has 2 heterocycles. The second-order valence-electron chi connectivity index (χ2n) is 5.59. The van der Waals surface area contributed by atoms with Crippen LogP contribution in [0.5, 0.6) is 0 Å². The average Bonchev–Trinajstić information content (AvgIpc) is 3.18. The van der Waals surface area contributed by atoms with Crippen LogP contribution in [0.2, 0.25) is 0 Å². The lowest BCUT2D eigenvalue weighted by Crippen LogP contribution is -2.28. The molecule has 1 fully saturated rings. The molecule has 7 nitrogen and oxygen atoms in total. The molecule has 0 aliphatic carbocycles. The van der Waals surface area contributed by atoms with Crippen molar-refractivity contribution in [2.45, 2.75) is 24.7 Å². The van der Waals surface area contributed by atoms with Gasteiger partial charge in [-0.1, -0.05) is 0 Å². The lowest BCUT2D eigenvalue weighted by Gasteiger charge is -2.16. The van der Waals surface area contributed by atoms with E-state index in [1.54, 1.807) is 12.4 Å². The highest BCUT2D eigenvalue weighted by Gasteiger charge is 2.28. The molecule has 1 N–H and O–H groups in total. The van der Waals surface area contributed by atoms with E-state index in [2.05, 4.69) is 5.10 Å². The van der Waals surface area contributed by atoms with E-state index in [0.29, 0.717) is 18.8 Å². The van der Waals surface area contributed by atoms with Crippen LogP contribution in [0.3, 0.4) is 0 Å². The summed E-state index contributed by atoms with van der Waals surface area (Å²) in [4.78, 5) is 11.3. The van der Waals surface area contributed by atoms with E-state index in [0.717, 1.165) is 18.4 Å². The maximum Gasteiger partial charge on any atom is 0.335 e. The highest BCUT2D eigenvalue weighted by atomic mass is 32.2. The number of hydrogen-bond donors (Lipinski definition) is 1. The number of benzene rings is 1. The van der Waals surface area contributed by atoms with Crippen molar-refractivity contribution in [3.05, 3.63) is 41.7 Å². The molecule has 0 atom stereocenters. The third-order valence-corrected chi connectivity index (χ3v) is 5.69. The van der Waals surface area contributed by atoms with Gasteiger partial charge in [0.05, 0.1) is 22.3 Å². The number of aryl methyl sites for hydroxylation is 1. The van der Waals surface area contributed by atoms with Crippen molar-refractivity contribution in [3.63, 3.8) is 0 Å². The van der Waals surface area contributed by atoms with Gasteiger partial charge in [0, 0.05) is 19.3 Å². The first kappa shape index (κ1) is 15.7. The van der Waals surface area contributed by atoms with Gasteiger partial charge in [-0.2, -0.15) is 9.40 Å². The minimum absolute atomic E-state index is 0.0116. The zero-order valence-electron chi connectivity index (χ0n) is 12.6. The van der Waals surface area contributed by atoms with E-state index in [-0.39, 0.29) is 10.5 Å². The molecule has 2 aromatic rings. The van der Waals surface area contributed by atoms with Crippen molar-refractivity contribution in [3.8, 4) is 5.69 Å². The Morgan fingerprint density at radius 2 is 1.91 bits per heavy atom. The number of aromatic nitrogens is 2. The molecule has 1 aromatic carbocycles. The summed E-state index contributed by atoms with van der Waals surface area (Å²) < 4.78 is 28.3. The Hall–Kier alpha value is -2.19. The van der Waals surface area contributed by atoms with Gasteiger partial charge in [-0.25, -0.2) is 17.9 Å². The number of carboxylic acids is 1. The Bertz CT molecular complexity index is 851. The number of rotatable bonds is 4. The van der Waals surface area contributed by atoms with Crippen LogP contribution < -0.4 is 0 Å². The summed E-state index contributed by atoms with van der Waals surface area (Å²) in [5, 5.41) is 13.4. The van der Waals surface area contributed by atoms with Gasteiger partial charge in [-0.15, -0.1) is 0 Å². The van der Waals surface area contributed by atoms with Crippen LogP contribution in [-0.4, -0.2) is 46.7 Å². The Labute approximate surface area is 134 Å². The van der Waals surface area contributed by atoms with Crippen LogP contribution in [0.25, 0.3) is 5.69 Å². The van der Waals surface area contributed by atoms with Crippen LogP contribution in [-0.2, 0) is 10.0 Å². The number of carbonyl (C=O) groups is 1. The molecule has 0 unspecified atom stereocenters. The van der Waals surface area contributed by atoms with Crippen molar-refractivity contribution in [1.29, 1.82) is 0 Å². The Morgan fingerprint density at radius 1 is 1.22 bits per heavy atom. The van der Waals surface area contributed by atoms with Crippen molar-refractivity contribution in [2.75, 3.05) is 13.1 Å². The number of sulfonamides is 1. The number of nitrogens with zero attached hydrogens (tertiary/aromatic N) is 3. The van der Waals surface area contributed by atoms with Gasteiger partial charge in [0.2, 0.25) is 10.0 Å². The Kier molecular flexibility index (Phi) is 3.95. The van der Waals surface area contributed by atoms with Crippen molar-refractivity contribution in [1.82, 2.24) is 14.1 Å². The molecule has 122 valence electrons. The molecule has 1 saturated heterocycles. The van der Waals surface area contributed by atoms with Gasteiger partial charge in [0.15, 0.2) is 0 Å². The van der Waals surface area contributed by atoms with Crippen LogP contribution in [0.1, 0.15) is 28.8 Å². The van der Waals surface area contributed by atoms with Gasteiger partial charge in [-0.3, -0.25) is 0 Å². The SMILES string of the molecule is Cc1cnn(-c2cc(C(=O)O)cc(S(=O)(=O)N3CCCC3)c2)c1. The average molecular weight is 335 g/mol. The predicted molar refractivity (Wildman–Crippen MR) is 83.3 cm³/mol. The van der Waals surface area contributed by atoms with Crippen molar-refractivity contribution in [2.24, 2.45) is 0 Å². The fourth-order valence-corrected chi connectivity index (χ4v) is 4.20. The van der Waals surface area contributed by atoms with E-state index in [9.17, 15) is 18.3 Å². The van der Waals surface area contributed by atoms with E-state index in [1.165, 1.54) is 27.2 Å². The summed E-state index contributed by atoms with van der Waals surface area (Å²) in [5.41, 5.74) is 1.24. The Balaban J connectivity index is 2.13. The fraction of sp³-hybridized carbons (Fsp3) is 0.333.